The van der Waals surface area contributed by atoms with Gasteiger partial charge >= 0.3 is 6.03 Å². The molecular weight excluding hydrogens is 221 g/mol. The van der Waals surface area contributed by atoms with E-state index in [1.807, 2.05) is 6.92 Å². The van der Waals surface area contributed by atoms with Crippen LogP contribution in [0.5, 0.6) is 0 Å². The quantitative estimate of drug-likeness (QED) is 0.689. The van der Waals surface area contributed by atoms with Crippen molar-refractivity contribution in [2.45, 2.75) is 26.3 Å². The van der Waals surface area contributed by atoms with Gasteiger partial charge in [0.2, 0.25) is 0 Å². The van der Waals surface area contributed by atoms with Gasteiger partial charge in [0.25, 0.3) is 0 Å². The van der Waals surface area contributed by atoms with Gasteiger partial charge in [-0.15, -0.1) is 0 Å². The van der Waals surface area contributed by atoms with Crippen molar-refractivity contribution in [3.05, 3.63) is 29.6 Å². The van der Waals surface area contributed by atoms with Gasteiger partial charge < -0.3 is 16.4 Å². The van der Waals surface area contributed by atoms with Crippen LogP contribution in [0.1, 0.15) is 25.3 Å². The summed E-state index contributed by atoms with van der Waals surface area (Å²) < 4.78 is 13.4. The van der Waals surface area contributed by atoms with Gasteiger partial charge in [0.1, 0.15) is 5.82 Å². The van der Waals surface area contributed by atoms with Crippen molar-refractivity contribution < 1.29 is 9.18 Å². The molecular formula is C12H18FN3O. The number of amides is 2. The Labute approximate surface area is 100 Å². The van der Waals surface area contributed by atoms with Gasteiger partial charge in [0.05, 0.1) is 0 Å². The van der Waals surface area contributed by atoms with Crippen LogP contribution < -0.4 is 16.4 Å². The maximum atomic E-state index is 13.4. The Morgan fingerprint density at radius 3 is 2.88 bits per heavy atom. The third kappa shape index (κ3) is 4.03. The van der Waals surface area contributed by atoms with E-state index in [2.05, 4.69) is 10.6 Å². The molecule has 0 atom stereocenters. The molecule has 4 nitrogen and oxygen atoms in total. The molecule has 0 fully saturated rings. The maximum absolute atomic E-state index is 13.4. The summed E-state index contributed by atoms with van der Waals surface area (Å²) in [6.07, 6.45) is 1.93. The molecule has 94 valence electrons. The summed E-state index contributed by atoms with van der Waals surface area (Å²) >= 11 is 0. The third-order valence-electron chi connectivity index (χ3n) is 2.39. The standard InChI is InChI=1S/C12H18FN3O/c1-2-3-7-15-12(17)16-11-6-4-5-10(13)9(11)8-14/h4-6H,2-3,7-8,14H2,1H3,(H2,15,16,17). The van der Waals surface area contributed by atoms with Crippen LogP contribution in [0.2, 0.25) is 0 Å². The normalized spacial score (nSPS) is 10.1. The second kappa shape index (κ2) is 6.85. The Hall–Kier alpha value is -1.62. The first-order valence-electron chi connectivity index (χ1n) is 5.71. The first-order chi connectivity index (χ1) is 8.19. The molecule has 1 aromatic rings. The van der Waals surface area contributed by atoms with Crippen molar-refractivity contribution in [3.63, 3.8) is 0 Å². The van der Waals surface area contributed by atoms with Gasteiger partial charge in [-0.1, -0.05) is 19.4 Å². The Morgan fingerprint density at radius 2 is 2.24 bits per heavy atom. The van der Waals surface area contributed by atoms with Crippen molar-refractivity contribution >= 4 is 11.7 Å². The highest BCUT2D eigenvalue weighted by Crippen LogP contribution is 2.17. The highest BCUT2D eigenvalue weighted by Gasteiger charge is 2.08. The monoisotopic (exact) mass is 239 g/mol. The Balaban J connectivity index is 2.61. The fourth-order valence-corrected chi connectivity index (χ4v) is 1.43. The molecule has 0 aromatic heterocycles. The molecule has 0 saturated heterocycles. The van der Waals surface area contributed by atoms with Crippen molar-refractivity contribution in [1.82, 2.24) is 5.32 Å². The summed E-state index contributed by atoms with van der Waals surface area (Å²) in [6.45, 7) is 2.70. The van der Waals surface area contributed by atoms with Crippen LogP contribution in [-0.2, 0) is 6.54 Å². The zero-order valence-electron chi connectivity index (χ0n) is 9.92. The van der Waals surface area contributed by atoms with Crippen LogP contribution in [0.25, 0.3) is 0 Å². The molecule has 0 radical (unpaired) electrons. The molecule has 0 saturated carbocycles. The van der Waals surface area contributed by atoms with Gasteiger partial charge in [-0.25, -0.2) is 9.18 Å². The number of hydrogen-bond acceptors (Lipinski definition) is 2. The Bertz CT molecular complexity index is 382. The van der Waals surface area contributed by atoms with Crippen molar-refractivity contribution in [2.75, 3.05) is 11.9 Å². The lowest BCUT2D eigenvalue weighted by molar-refractivity contribution is 0.252. The van der Waals surface area contributed by atoms with Crippen molar-refractivity contribution in [1.29, 1.82) is 0 Å². The predicted octanol–water partition coefficient (Wildman–Crippen LogP) is 2.21. The number of halogens is 1. The molecule has 4 N–H and O–H groups in total. The number of urea groups is 1. The third-order valence-corrected chi connectivity index (χ3v) is 2.39. The summed E-state index contributed by atoms with van der Waals surface area (Å²) in [5.74, 6) is -0.404. The van der Waals surface area contributed by atoms with Crippen molar-refractivity contribution in [3.8, 4) is 0 Å². The van der Waals surface area contributed by atoms with E-state index >= 15 is 0 Å². The summed E-state index contributed by atoms with van der Waals surface area (Å²) in [4.78, 5) is 11.5. The number of nitrogens with two attached hydrogens (primary N) is 1. The molecule has 0 unspecified atom stereocenters. The number of carbonyl (C=O) groups is 1. The Morgan fingerprint density at radius 1 is 1.47 bits per heavy atom. The number of benzene rings is 1. The molecule has 0 aliphatic rings. The van der Waals surface area contributed by atoms with Crippen molar-refractivity contribution in [2.24, 2.45) is 5.73 Å². The van der Waals surface area contributed by atoms with Crippen LogP contribution in [0, 0.1) is 5.82 Å². The molecule has 2 amide bonds. The van der Waals surface area contributed by atoms with Gasteiger partial charge in [-0.05, 0) is 18.6 Å². The van der Waals surface area contributed by atoms with E-state index in [-0.39, 0.29) is 12.6 Å². The van der Waals surface area contributed by atoms with Gasteiger partial charge in [-0.2, -0.15) is 0 Å². The zero-order chi connectivity index (χ0) is 12.7. The van der Waals surface area contributed by atoms with E-state index in [1.165, 1.54) is 12.1 Å². The van der Waals surface area contributed by atoms with Crippen LogP contribution in [0.15, 0.2) is 18.2 Å². The molecule has 1 aromatic carbocycles. The minimum atomic E-state index is -0.404. The van der Waals surface area contributed by atoms with E-state index in [9.17, 15) is 9.18 Å². The zero-order valence-corrected chi connectivity index (χ0v) is 9.92. The number of unbranched alkanes of at least 4 members (excludes halogenated alkanes) is 1. The van der Waals surface area contributed by atoms with E-state index in [1.54, 1.807) is 6.07 Å². The van der Waals surface area contributed by atoms with Crippen LogP contribution in [0.4, 0.5) is 14.9 Å². The minimum absolute atomic E-state index is 0.0528. The van der Waals surface area contributed by atoms with Gasteiger partial charge in [0, 0.05) is 24.3 Å². The predicted molar refractivity (Wildman–Crippen MR) is 66.2 cm³/mol. The molecule has 1 rings (SSSR count). The van der Waals surface area contributed by atoms with E-state index in [4.69, 9.17) is 5.73 Å². The van der Waals surface area contributed by atoms with Gasteiger partial charge in [0.15, 0.2) is 0 Å². The average molecular weight is 239 g/mol. The molecule has 0 aliphatic heterocycles. The lowest BCUT2D eigenvalue weighted by Gasteiger charge is -2.11. The molecule has 0 aliphatic carbocycles. The summed E-state index contributed by atoms with van der Waals surface area (Å²) in [5, 5.41) is 5.28. The van der Waals surface area contributed by atoms with Crippen LogP contribution in [0.3, 0.4) is 0 Å². The van der Waals surface area contributed by atoms with Crippen LogP contribution in [-0.4, -0.2) is 12.6 Å². The number of carbonyl (C=O) groups excluding carboxylic acids is 1. The largest absolute Gasteiger partial charge is 0.338 e. The second-order valence-electron chi connectivity index (χ2n) is 3.70. The van der Waals surface area contributed by atoms with E-state index in [0.717, 1.165) is 12.8 Å². The summed E-state index contributed by atoms with van der Waals surface area (Å²) in [5.41, 5.74) is 6.17. The molecule has 0 bridgehead atoms. The Kier molecular flexibility index (Phi) is 5.42. The maximum Gasteiger partial charge on any atom is 0.319 e. The molecule has 5 heteroatoms. The fourth-order valence-electron chi connectivity index (χ4n) is 1.43. The van der Waals surface area contributed by atoms with E-state index < -0.39 is 5.82 Å². The number of anilines is 1. The minimum Gasteiger partial charge on any atom is -0.338 e. The number of nitrogens with one attached hydrogen (secondary N) is 2. The topological polar surface area (TPSA) is 67.2 Å². The summed E-state index contributed by atoms with van der Waals surface area (Å²) in [7, 11) is 0. The highest BCUT2D eigenvalue weighted by atomic mass is 19.1. The SMILES string of the molecule is CCCCNC(=O)Nc1cccc(F)c1CN. The molecule has 17 heavy (non-hydrogen) atoms. The lowest BCUT2D eigenvalue weighted by Crippen LogP contribution is -2.30. The first kappa shape index (κ1) is 13.4. The molecule has 0 heterocycles. The lowest BCUT2D eigenvalue weighted by atomic mass is 10.1. The average Bonchev–Trinajstić information content (AvgIpc) is 2.29. The highest BCUT2D eigenvalue weighted by molar-refractivity contribution is 5.90. The first-order valence-corrected chi connectivity index (χ1v) is 5.71. The molecule has 0 spiro atoms. The van der Waals surface area contributed by atoms with E-state index in [0.29, 0.717) is 17.8 Å². The number of rotatable bonds is 5. The van der Waals surface area contributed by atoms with Crippen LogP contribution >= 0.6 is 0 Å². The summed E-state index contributed by atoms with van der Waals surface area (Å²) in [6, 6.07) is 4.15. The second-order valence-corrected chi connectivity index (χ2v) is 3.70. The fraction of sp³-hybridized carbons (Fsp3) is 0.417. The smallest absolute Gasteiger partial charge is 0.319 e. The van der Waals surface area contributed by atoms with Gasteiger partial charge in [-0.3, -0.25) is 0 Å². The number of hydrogen-bond donors (Lipinski definition) is 3.